The fourth-order valence-corrected chi connectivity index (χ4v) is 4.21. The fraction of sp³-hybridized carbons (Fsp3) is 0.500. The lowest BCUT2D eigenvalue weighted by atomic mass is 9.93. The zero-order chi connectivity index (χ0) is 19.9. The van der Waals surface area contributed by atoms with Crippen molar-refractivity contribution in [2.45, 2.75) is 17.9 Å². The minimum absolute atomic E-state index is 0.158. The van der Waals surface area contributed by atoms with Gasteiger partial charge in [0.2, 0.25) is 11.5 Å². The van der Waals surface area contributed by atoms with Crippen LogP contribution in [0.1, 0.15) is 5.56 Å². The van der Waals surface area contributed by atoms with E-state index in [0.29, 0.717) is 5.88 Å². The van der Waals surface area contributed by atoms with Crippen LogP contribution in [0.15, 0.2) is 30.3 Å². The number of halogens is 2. The molecule has 2 aromatic rings. The minimum atomic E-state index is -2.53. The number of hydrogen-bond acceptors (Lipinski definition) is 5. The number of aromatic nitrogens is 1. The Bertz CT molecular complexity index is 911. The molecule has 6 nitrogen and oxygen atoms in total. The molecule has 150 valence electrons. The average molecular weight is 391 g/mol. The molecule has 1 aromatic carbocycles. The van der Waals surface area contributed by atoms with Crippen LogP contribution in [0.3, 0.4) is 0 Å². The first-order valence-corrected chi connectivity index (χ1v) is 9.21. The molecule has 2 atom stereocenters. The van der Waals surface area contributed by atoms with Crippen molar-refractivity contribution in [3.63, 3.8) is 0 Å². The number of benzene rings is 1. The molecule has 0 saturated carbocycles. The van der Waals surface area contributed by atoms with E-state index in [1.807, 2.05) is 30.3 Å². The number of carbonyl (C=O) groups excluding carboxylic acids is 1. The predicted molar refractivity (Wildman–Crippen MR) is 99.7 cm³/mol. The molecule has 2 aliphatic rings. The normalized spacial score (nSPS) is 27.6. The lowest BCUT2D eigenvalue weighted by molar-refractivity contribution is -0.139. The van der Waals surface area contributed by atoms with Crippen molar-refractivity contribution in [3.8, 4) is 5.88 Å². The Morgan fingerprint density at radius 1 is 1.18 bits per heavy atom. The van der Waals surface area contributed by atoms with E-state index >= 15 is 8.78 Å². The van der Waals surface area contributed by atoms with E-state index in [4.69, 9.17) is 9.47 Å². The second-order valence-electron chi connectivity index (χ2n) is 7.48. The highest BCUT2D eigenvalue weighted by atomic mass is 19.2. The molecule has 2 aliphatic heterocycles. The van der Waals surface area contributed by atoms with E-state index in [1.54, 1.807) is 4.90 Å². The largest absolute Gasteiger partial charge is 0.481 e. The van der Waals surface area contributed by atoms with E-state index in [0.717, 1.165) is 16.5 Å². The summed E-state index contributed by atoms with van der Waals surface area (Å²) in [5.41, 5.74) is -3.24. The number of ether oxygens (including phenoxy) is 2. The third-order valence-electron chi connectivity index (χ3n) is 5.61. The van der Waals surface area contributed by atoms with Crippen LogP contribution in [0, 0.1) is 0 Å². The second-order valence-corrected chi connectivity index (χ2v) is 7.48. The molecule has 28 heavy (non-hydrogen) atoms. The highest BCUT2D eigenvalue weighted by Gasteiger charge is 2.70. The predicted octanol–water partition coefficient (Wildman–Crippen LogP) is 1.96. The maximum Gasteiger partial charge on any atom is 0.265 e. The van der Waals surface area contributed by atoms with Crippen LogP contribution in [-0.4, -0.2) is 79.0 Å². The van der Waals surface area contributed by atoms with Crippen LogP contribution in [0.4, 0.5) is 8.78 Å². The molecule has 1 aromatic heterocycles. The summed E-state index contributed by atoms with van der Waals surface area (Å²) >= 11 is 0. The molecular formula is C20H23F2N3O3. The summed E-state index contributed by atoms with van der Waals surface area (Å²) in [5, 5.41) is 0.921. The van der Waals surface area contributed by atoms with E-state index in [-0.39, 0.29) is 39.3 Å². The van der Waals surface area contributed by atoms with Gasteiger partial charge in [-0.1, -0.05) is 18.2 Å². The highest BCUT2D eigenvalue weighted by molar-refractivity contribution is 5.90. The van der Waals surface area contributed by atoms with Gasteiger partial charge in [0.05, 0.1) is 25.8 Å². The van der Waals surface area contributed by atoms with Crippen molar-refractivity contribution in [3.05, 3.63) is 35.9 Å². The number of fused-ring (bicyclic) bond motifs is 2. The first-order chi connectivity index (χ1) is 13.4. The van der Waals surface area contributed by atoms with Crippen LogP contribution in [0.5, 0.6) is 5.88 Å². The number of rotatable bonds is 6. The van der Waals surface area contributed by atoms with Gasteiger partial charge in [0.1, 0.15) is 0 Å². The van der Waals surface area contributed by atoms with Crippen molar-refractivity contribution in [2.75, 3.05) is 47.0 Å². The zero-order valence-electron chi connectivity index (χ0n) is 16.0. The SMILES string of the molecule is COCCN1C[C@@]2(F)CN(Cc3cc4ccccc4nc3OC)C[C@@]2(F)C1=O. The molecule has 0 N–H and O–H groups in total. The van der Waals surface area contributed by atoms with Crippen LogP contribution in [-0.2, 0) is 16.1 Å². The Balaban J connectivity index is 1.56. The number of carbonyl (C=O) groups is 1. The van der Waals surface area contributed by atoms with Crippen molar-refractivity contribution < 1.29 is 23.0 Å². The van der Waals surface area contributed by atoms with Gasteiger partial charge in [-0.2, -0.15) is 0 Å². The summed E-state index contributed by atoms with van der Waals surface area (Å²) in [5.74, 6) is -0.372. The molecule has 8 heteroatoms. The van der Waals surface area contributed by atoms with Gasteiger partial charge in [0.25, 0.3) is 5.91 Å². The maximum absolute atomic E-state index is 15.4. The van der Waals surface area contributed by atoms with Crippen LogP contribution >= 0.6 is 0 Å². The maximum atomic E-state index is 15.4. The minimum Gasteiger partial charge on any atom is -0.481 e. The van der Waals surface area contributed by atoms with Crippen LogP contribution in [0.2, 0.25) is 0 Å². The lowest BCUT2D eigenvalue weighted by Gasteiger charge is -2.22. The number of alkyl halides is 2. The van der Waals surface area contributed by atoms with Gasteiger partial charge in [0, 0.05) is 44.2 Å². The summed E-state index contributed by atoms with van der Waals surface area (Å²) in [6.07, 6.45) is 0. The number of para-hydroxylation sites is 1. The summed E-state index contributed by atoms with van der Waals surface area (Å²) in [7, 11) is 3.01. The van der Waals surface area contributed by atoms with Crippen LogP contribution < -0.4 is 4.74 Å². The highest BCUT2D eigenvalue weighted by Crippen LogP contribution is 2.46. The van der Waals surface area contributed by atoms with E-state index in [1.165, 1.54) is 19.1 Å². The third kappa shape index (κ3) is 2.91. The topological polar surface area (TPSA) is 54.9 Å². The zero-order valence-corrected chi connectivity index (χ0v) is 16.0. The van der Waals surface area contributed by atoms with Crippen molar-refractivity contribution >= 4 is 16.8 Å². The molecule has 0 bridgehead atoms. The van der Waals surface area contributed by atoms with E-state index in [9.17, 15) is 4.79 Å². The van der Waals surface area contributed by atoms with E-state index in [2.05, 4.69) is 4.98 Å². The second kappa shape index (κ2) is 6.93. The lowest BCUT2D eigenvalue weighted by Crippen LogP contribution is -2.47. The van der Waals surface area contributed by atoms with Gasteiger partial charge in [-0.25, -0.2) is 13.8 Å². The van der Waals surface area contributed by atoms with Gasteiger partial charge in [-0.15, -0.1) is 0 Å². The standard InChI is InChI=1S/C20H23F2N3O3/c1-27-8-7-25-12-19(21)11-24(13-20(19,22)18(25)26)10-15-9-14-5-3-4-6-16(14)23-17(15)28-2/h3-6,9H,7-8,10-13H2,1-2H3/t19-,20+/m0/s1. The number of hydrogen-bond donors (Lipinski definition) is 0. The van der Waals surface area contributed by atoms with Gasteiger partial charge >= 0.3 is 0 Å². The summed E-state index contributed by atoms with van der Waals surface area (Å²) < 4.78 is 41.2. The van der Waals surface area contributed by atoms with Gasteiger partial charge in [-0.05, 0) is 12.1 Å². The molecule has 0 spiro atoms. The number of methoxy groups -OCH3 is 2. The Morgan fingerprint density at radius 3 is 2.68 bits per heavy atom. The summed E-state index contributed by atoms with van der Waals surface area (Å²) in [4.78, 5) is 19.8. The molecule has 2 saturated heterocycles. The number of nitrogens with zero attached hydrogens (tertiary/aromatic N) is 3. The number of pyridine rings is 1. The monoisotopic (exact) mass is 391 g/mol. The molecule has 0 aliphatic carbocycles. The number of likely N-dealkylation sites (tertiary alicyclic amines) is 2. The smallest absolute Gasteiger partial charge is 0.265 e. The van der Waals surface area contributed by atoms with Gasteiger partial charge in [-0.3, -0.25) is 9.69 Å². The van der Waals surface area contributed by atoms with Crippen LogP contribution in [0.25, 0.3) is 10.9 Å². The molecule has 0 unspecified atom stereocenters. The van der Waals surface area contributed by atoms with Crippen molar-refractivity contribution in [2.24, 2.45) is 0 Å². The quantitative estimate of drug-likeness (QED) is 0.754. The third-order valence-corrected chi connectivity index (χ3v) is 5.61. The van der Waals surface area contributed by atoms with Crippen molar-refractivity contribution in [1.29, 1.82) is 0 Å². The molecule has 4 rings (SSSR count). The molecule has 2 fully saturated rings. The molecular weight excluding hydrogens is 368 g/mol. The summed E-state index contributed by atoms with van der Waals surface area (Å²) in [6.45, 7) is -0.00778. The Morgan fingerprint density at radius 2 is 1.96 bits per heavy atom. The Hall–Kier alpha value is -2.32. The Labute approximate surface area is 162 Å². The molecule has 3 heterocycles. The average Bonchev–Trinajstić information content (AvgIpc) is 3.03. The van der Waals surface area contributed by atoms with Gasteiger partial charge < -0.3 is 14.4 Å². The first kappa shape index (κ1) is 19.0. The fourth-order valence-electron chi connectivity index (χ4n) is 4.21. The molecule has 0 radical (unpaired) electrons. The number of amides is 1. The van der Waals surface area contributed by atoms with E-state index < -0.39 is 17.2 Å². The Kier molecular flexibility index (Phi) is 4.71. The van der Waals surface area contributed by atoms with Gasteiger partial charge in [0.15, 0.2) is 5.67 Å². The first-order valence-electron chi connectivity index (χ1n) is 9.21. The van der Waals surface area contributed by atoms with Crippen molar-refractivity contribution in [1.82, 2.24) is 14.8 Å². The summed E-state index contributed by atoms with van der Waals surface area (Å²) in [6, 6.07) is 9.51. The molecule has 1 amide bonds.